The van der Waals surface area contributed by atoms with E-state index in [9.17, 15) is 25.1 Å². The quantitative estimate of drug-likeness (QED) is 0.0841. The van der Waals surface area contributed by atoms with Crippen molar-refractivity contribution in [2.45, 2.75) is 62.9 Å². The van der Waals surface area contributed by atoms with E-state index < -0.39 is 199 Å². The fourth-order valence-corrected chi connectivity index (χ4v) is 4.53. The van der Waals surface area contributed by atoms with E-state index in [0.29, 0.717) is 0 Å². The largest absolute Gasteiger partial charge is 0.416 e. The van der Waals surface area contributed by atoms with E-state index in [1.807, 2.05) is 0 Å². The first kappa shape index (κ1) is 13.5. The number of rotatable bonds is 13. The van der Waals surface area contributed by atoms with E-state index >= 15 is 4.79 Å². The number of hydrogen-bond acceptors (Lipinski definition) is 5. The molecule has 1 aliphatic rings. The van der Waals surface area contributed by atoms with Crippen LogP contribution in [0.2, 0.25) is 0 Å². The van der Waals surface area contributed by atoms with Gasteiger partial charge in [0.05, 0.1) is 19.3 Å². The Balaban J connectivity index is 1.87. The van der Waals surface area contributed by atoms with Crippen molar-refractivity contribution in [3.8, 4) is 11.1 Å². The summed E-state index contributed by atoms with van der Waals surface area (Å²) in [6, 6.07) is -9.57. The minimum atomic E-state index is -5.51. The van der Waals surface area contributed by atoms with Gasteiger partial charge in [-0.05, 0) is 78.6 Å². The molecule has 6 nitrogen and oxygen atoms in total. The fraction of sp³-hybridized carbons (Fsp3) is 0.361. The number of aromatic nitrogens is 2. The van der Waals surface area contributed by atoms with E-state index in [-0.39, 0.29) is 21.2 Å². The van der Waals surface area contributed by atoms with Gasteiger partial charge in [-0.25, -0.2) is 4.39 Å². The van der Waals surface area contributed by atoms with Crippen molar-refractivity contribution in [3.63, 3.8) is 0 Å². The summed E-state index contributed by atoms with van der Waals surface area (Å²) in [6.07, 6.45) is -16.7. The molecule has 0 bridgehead atoms. The van der Waals surface area contributed by atoms with Gasteiger partial charge in [0.15, 0.2) is 5.16 Å². The van der Waals surface area contributed by atoms with Crippen molar-refractivity contribution in [2.75, 3.05) is 26.1 Å². The summed E-state index contributed by atoms with van der Waals surface area (Å²) in [5.41, 5.74) is -14.1. The first-order valence-corrected chi connectivity index (χ1v) is 13.8. The molecule has 1 heterocycles. The van der Waals surface area contributed by atoms with Gasteiger partial charge in [-0.2, -0.15) is 18.2 Å². The number of benzene rings is 3. The van der Waals surface area contributed by atoms with Crippen molar-refractivity contribution >= 4 is 17.7 Å². The lowest BCUT2D eigenvalue weighted by Crippen LogP contribution is -2.40. The Kier molecular flexibility index (Phi) is 4.40. The highest BCUT2D eigenvalue weighted by molar-refractivity contribution is 7.98. The Morgan fingerprint density at radius 2 is 1.66 bits per heavy atom. The minimum absolute atomic E-state index is 0.160. The van der Waals surface area contributed by atoms with Gasteiger partial charge < -0.3 is 14.4 Å². The molecule has 0 saturated carbocycles. The van der Waals surface area contributed by atoms with E-state index in [1.165, 1.54) is 0 Å². The minimum Gasteiger partial charge on any atom is -0.336 e. The van der Waals surface area contributed by atoms with Crippen LogP contribution in [0.5, 0.6) is 0 Å². The lowest BCUT2D eigenvalue weighted by atomic mass is 10.0. The summed E-state index contributed by atoms with van der Waals surface area (Å²) in [4.78, 5) is 31.7. The summed E-state index contributed by atoms with van der Waals surface area (Å²) in [5, 5.41) is -1.12. The molecule has 5 rings (SSSR count). The SMILES string of the molecule is [2H]c1c([2H])c(C(F)(F)F)c([2H])c([2H])c1-c1c([2H])c([2H])c(C([2H])([2H])N(CCN(C([2H])([2H])C([2H])([2H])[2H])C([2H])([2H])C([2H])([2H])[2H])C(=O)Cn2c(SC([2H])([2H])c3ccc(F)cc3)nc(=O)c3c2C([2H])([2H])C([2H])([2H])C3([2H])[2H])c([2H])c1[2H]. The van der Waals surface area contributed by atoms with Gasteiger partial charge in [0.1, 0.15) is 12.4 Å². The molecule has 0 aliphatic heterocycles. The number of hydrogen-bond donors (Lipinski definition) is 0. The van der Waals surface area contributed by atoms with Crippen molar-refractivity contribution in [1.29, 1.82) is 0 Å². The first-order chi connectivity index (χ1) is 33.5. The highest BCUT2D eigenvalue weighted by atomic mass is 32.2. The Morgan fingerprint density at radius 1 is 1.00 bits per heavy atom. The topological polar surface area (TPSA) is 58.4 Å². The molecule has 4 aromatic rings. The zero-order valence-corrected chi connectivity index (χ0v) is 24.3. The molecule has 3 aromatic carbocycles. The lowest BCUT2D eigenvalue weighted by Gasteiger charge is -2.28. The Morgan fingerprint density at radius 3 is 2.30 bits per heavy atom. The van der Waals surface area contributed by atoms with Gasteiger partial charge in [-0.3, -0.25) is 9.59 Å². The smallest absolute Gasteiger partial charge is 0.336 e. The zero-order chi connectivity index (χ0) is 58.1. The number of halogens is 4. The Bertz CT molecular complexity index is 2930. The second kappa shape index (κ2) is 15.3. The molecule has 0 spiro atoms. The number of nitrogens with zero attached hydrogens (tertiary/aromatic N) is 4. The van der Waals surface area contributed by atoms with Crippen LogP contribution in [-0.2, 0) is 42.5 Å². The molecule has 1 aromatic heterocycles. The third-order valence-corrected chi connectivity index (χ3v) is 6.90. The van der Waals surface area contributed by atoms with Crippen molar-refractivity contribution < 1.29 is 60.7 Å². The molecule has 0 atom stereocenters. The number of carbonyl (C=O) groups is 1. The van der Waals surface area contributed by atoms with Gasteiger partial charge in [-0.1, -0.05) is 73.9 Å². The second-order valence-electron chi connectivity index (χ2n) is 9.13. The molecular formula is C36H38F4N4O2S. The maximum atomic E-state index is 15.1. The van der Waals surface area contributed by atoms with Crippen LogP contribution in [0.15, 0.2) is 82.6 Å². The molecule has 0 radical (unpaired) electrons. The Hall–Kier alpha value is -3.96. The number of thioether (sulfide) groups is 1. The summed E-state index contributed by atoms with van der Waals surface area (Å²) in [7, 11) is 0. The predicted octanol–water partition coefficient (Wildman–Crippen LogP) is 7.22. The van der Waals surface area contributed by atoms with E-state index in [0.717, 1.165) is 24.3 Å². The summed E-state index contributed by atoms with van der Waals surface area (Å²) in [5.74, 6) is -2.85. The normalized spacial score (nSPS) is 26.5. The van der Waals surface area contributed by atoms with Gasteiger partial charge in [0, 0.05) is 61.2 Å². The van der Waals surface area contributed by atoms with Gasteiger partial charge >= 0.3 is 6.18 Å². The van der Waals surface area contributed by atoms with Crippen molar-refractivity contribution in [2.24, 2.45) is 0 Å². The number of amides is 1. The standard InChI is InChI=1S/C36H38F4N4O2S/c1-3-42(4-2)20-21-43(22-25-8-12-27(13-9-25)28-14-16-29(17-15-28)36(38,39)40)33(45)23-44-32-7-5-6-31(32)34(46)41-35(44)47-24-26-10-18-30(37)19-11-26/h8-19H,3-7,20-24H2,1-2H3/i1D3,2D3,3D2,4D2,5D2,6D2,7D2,8D,9D,12D,13D,14D,15D,16D,17D,22D2,24D2. The average molecular weight is 695 g/mol. The van der Waals surface area contributed by atoms with Gasteiger partial charge in [0.2, 0.25) is 5.91 Å². The van der Waals surface area contributed by atoms with Crippen LogP contribution in [0.4, 0.5) is 17.6 Å². The third kappa shape index (κ3) is 8.70. The van der Waals surface area contributed by atoms with Crippen LogP contribution in [0.25, 0.3) is 11.1 Å². The van der Waals surface area contributed by atoms with Crippen molar-refractivity contribution in [1.82, 2.24) is 19.4 Å². The van der Waals surface area contributed by atoms with Crippen LogP contribution in [0.3, 0.4) is 0 Å². The summed E-state index contributed by atoms with van der Waals surface area (Å²) >= 11 is -0.160. The molecule has 1 amide bonds. The monoisotopic (exact) mass is 694 g/mol. The molecule has 47 heavy (non-hydrogen) atoms. The number of carbonyl (C=O) groups excluding carboxylic acids is 1. The van der Waals surface area contributed by atoms with Gasteiger partial charge in [-0.15, -0.1) is 0 Å². The maximum absolute atomic E-state index is 15.1. The highest BCUT2D eigenvalue weighted by Gasteiger charge is 2.30. The number of likely N-dealkylation sites (N-methyl/N-ethyl adjacent to an activating group) is 1. The van der Waals surface area contributed by atoms with Crippen LogP contribution < -0.4 is 5.56 Å². The molecule has 248 valence electrons. The molecule has 1 aliphatic carbocycles. The third-order valence-electron chi connectivity index (χ3n) is 6.06. The highest BCUT2D eigenvalue weighted by Crippen LogP contribution is 2.31. The van der Waals surface area contributed by atoms with Gasteiger partial charge in [0.25, 0.3) is 5.56 Å². The average Bonchev–Trinajstić information content (AvgIpc) is 3.34. The molecule has 0 unspecified atom stereocenters. The second-order valence-corrected chi connectivity index (χ2v) is 9.90. The van der Waals surface area contributed by atoms with Crippen LogP contribution in [-0.4, -0.2) is 51.3 Å². The Labute approximate surface area is 315 Å². The van der Waals surface area contributed by atoms with E-state index in [4.69, 9.17) is 35.6 Å². The summed E-state index contributed by atoms with van der Waals surface area (Å²) in [6.45, 7) is -25.5. The molecular weight excluding hydrogens is 628 g/mol. The van der Waals surface area contributed by atoms with Crippen LogP contribution in [0.1, 0.15) is 86.4 Å². The first-order valence-electron chi connectivity index (χ1n) is 27.0. The van der Waals surface area contributed by atoms with Crippen molar-refractivity contribution in [3.05, 3.63) is 117 Å². The number of alkyl halides is 3. The van der Waals surface area contributed by atoms with E-state index in [1.54, 1.807) is 0 Å². The zero-order valence-electron chi connectivity index (χ0n) is 51.5. The maximum Gasteiger partial charge on any atom is 0.416 e. The number of fused-ring (bicyclic) bond motifs is 1. The van der Waals surface area contributed by atoms with Crippen LogP contribution in [0, 0.1) is 5.82 Å². The molecule has 0 fully saturated rings. The fourth-order valence-electron chi connectivity index (χ4n) is 3.79. The molecule has 0 saturated heterocycles. The molecule has 11 heteroatoms. The molecule has 0 N–H and O–H groups in total. The predicted molar refractivity (Wildman–Crippen MR) is 177 cm³/mol. The van der Waals surface area contributed by atoms with Crippen LogP contribution >= 0.6 is 11.8 Å². The lowest BCUT2D eigenvalue weighted by molar-refractivity contribution is -0.137. The van der Waals surface area contributed by atoms with E-state index in [2.05, 4.69) is 4.98 Å². The summed E-state index contributed by atoms with van der Waals surface area (Å²) < 4.78 is 292.